The van der Waals surface area contributed by atoms with E-state index < -0.39 is 5.54 Å². The molecule has 0 saturated carbocycles. The Bertz CT molecular complexity index is 675. The van der Waals surface area contributed by atoms with Crippen molar-refractivity contribution in [1.29, 1.82) is 0 Å². The number of thiophene rings is 1. The van der Waals surface area contributed by atoms with Crippen molar-refractivity contribution in [2.45, 2.75) is 43.9 Å². The van der Waals surface area contributed by atoms with Gasteiger partial charge < -0.3 is 9.64 Å². The first-order valence-corrected chi connectivity index (χ1v) is 9.81. The number of likely N-dealkylation sites (N-methyl/N-ethyl adjacent to an activating group) is 2. The van der Waals surface area contributed by atoms with E-state index in [0.29, 0.717) is 12.8 Å². The van der Waals surface area contributed by atoms with Crippen molar-refractivity contribution in [3.8, 4) is 0 Å². The van der Waals surface area contributed by atoms with Gasteiger partial charge >= 0.3 is 6.03 Å². The van der Waals surface area contributed by atoms with Gasteiger partial charge in [0.15, 0.2) is 0 Å². The molecular formula is C18H25N3O3S. The number of carbonyl (C=O) groups excluding carboxylic acids is 2. The molecule has 1 unspecified atom stereocenters. The van der Waals surface area contributed by atoms with E-state index in [4.69, 9.17) is 4.74 Å². The third-order valence-electron chi connectivity index (χ3n) is 5.91. The van der Waals surface area contributed by atoms with E-state index in [1.807, 2.05) is 11.3 Å². The molecule has 7 heteroatoms. The fourth-order valence-electron chi connectivity index (χ4n) is 4.26. The summed E-state index contributed by atoms with van der Waals surface area (Å²) in [4.78, 5) is 32.6. The number of hydrogen-bond donors (Lipinski definition) is 0. The van der Waals surface area contributed by atoms with Crippen LogP contribution in [-0.4, -0.2) is 66.0 Å². The fraction of sp³-hybridized carbons (Fsp3) is 0.667. The monoisotopic (exact) mass is 363 g/mol. The summed E-state index contributed by atoms with van der Waals surface area (Å²) in [7, 11) is 3.34. The van der Waals surface area contributed by atoms with Gasteiger partial charge in [0.1, 0.15) is 5.54 Å². The Morgan fingerprint density at radius 2 is 2.00 bits per heavy atom. The Labute approximate surface area is 152 Å². The lowest BCUT2D eigenvalue weighted by Crippen LogP contribution is -2.55. The van der Waals surface area contributed by atoms with Gasteiger partial charge in [0.25, 0.3) is 5.91 Å². The van der Waals surface area contributed by atoms with Gasteiger partial charge in [0.05, 0.1) is 6.10 Å². The van der Waals surface area contributed by atoms with Crippen LogP contribution in [0.2, 0.25) is 0 Å². The molecular weight excluding hydrogens is 338 g/mol. The number of likely N-dealkylation sites (tertiary alicyclic amines) is 1. The maximum Gasteiger partial charge on any atom is 0.327 e. The number of amides is 3. The molecule has 1 aromatic rings. The molecule has 6 nitrogen and oxygen atoms in total. The second-order valence-corrected chi connectivity index (χ2v) is 8.52. The highest BCUT2D eigenvalue weighted by atomic mass is 32.1. The van der Waals surface area contributed by atoms with Crippen LogP contribution in [-0.2, 0) is 16.1 Å². The van der Waals surface area contributed by atoms with Crippen LogP contribution < -0.4 is 0 Å². The summed E-state index contributed by atoms with van der Waals surface area (Å²) >= 11 is 1.84. The predicted molar refractivity (Wildman–Crippen MR) is 95.4 cm³/mol. The number of piperidine rings is 1. The summed E-state index contributed by atoms with van der Waals surface area (Å²) in [6.07, 6.45) is 3.99. The van der Waals surface area contributed by atoms with E-state index in [1.165, 1.54) is 14.7 Å². The van der Waals surface area contributed by atoms with Crippen molar-refractivity contribution in [2.24, 2.45) is 0 Å². The van der Waals surface area contributed by atoms with Crippen LogP contribution in [0.15, 0.2) is 12.1 Å². The third kappa shape index (κ3) is 2.78. The third-order valence-corrected chi connectivity index (χ3v) is 7.07. The van der Waals surface area contributed by atoms with Gasteiger partial charge in [-0.1, -0.05) is 0 Å². The Morgan fingerprint density at radius 3 is 2.60 bits per heavy atom. The van der Waals surface area contributed by atoms with E-state index in [-0.39, 0.29) is 18.0 Å². The minimum absolute atomic E-state index is 0.0450. The smallest absolute Gasteiger partial charge is 0.327 e. The molecule has 3 aliphatic rings. The van der Waals surface area contributed by atoms with Gasteiger partial charge in [0.2, 0.25) is 0 Å². The lowest BCUT2D eigenvalue weighted by molar-refractivity contribution is -0.134. The van der Waals surface area contributed by atoms with Crippen LogP contribution in [0, 0.1) is 0 Å². The maximum atomic E-state index is 12.6. The van der Waals surface area contributed by atoms with Gasteiger partial charge in [0, 0.05) is 50.1 Å². The number of carbonyl (C=O) groups is 2. The average molecular weight is 363 g/mol. The Balaban J connectivity index is 1.38. The lowest BCUT2D eigenvalue weighted by atomic mass is 9.86. The highest BCUT2D eigenvalue weighted by Gasteiger charge is 2.55. The first kappa shape index (κ1) is 17.0. The molecule has 3 saturated heterocycles. The van der Waals surface area contributed by atoms with Crippen LogP contribution >= 0.6 is 11.3 Å². The first-order valence-electron chi connectivity index (χ1n) is 9.00. The minimum atomic E-state index is -0.624. The summed E-state index contributed by atoms with van der Waals surface area (Å²) in [6.45, 7) is 3.46. The van der Waals surface area contributed by atoms with E-state index in [0.717, 1.165) is 39.1 Å². The van der Waals surface area contributed by atoms with Crippen LogP contribution in [0.4, 0.5) is 4.79 Å². The van der Waals surface area contributed by atoms with Crippen molar-refractivity contribution < 1.29 is 14.3 Å². The Morgan fingerprint density at radius 1 is 1.24 bits per heavy atom. The molecule has 0 radical (unpaired) electrons. The van der Waals surface area contributed by atoms with E-state index in [1.54, 1.807) is 19.0 Å². The first-order chi connectivity index (χ1) is 12.0. The molecule has 136 valence electrons. The molecule has 4 rings (SSSR count). The number of imide groups is 1. The number of hydrogen-bond acceptors (Lipinski definition) is 5. The largest absolute Gasteiger partial charge is 0.373 e. The van der Waals surface area contributed by atoms with E-state index in [2.05, 4.69) is 17.0 Å². The molecule has 0 aliphatic carbocycles. The van der Waals surface area contributed by atoms with Crippen molar-refractivity contribution in [3.63, 3.8) is 0 Å². The minimum Gasteiger partial charge on any atom is -0.373 e. The summed E-state index contributed by atoms with van der Waals surface area (Å²) in [5, 5.41) is 0. The number of rotatable bonds is 3. The molecule has 3 fully saturated rings. The molecule has 1 spiro atoms. The van der Waals surface area contributed by atoms with E-state index in [9.17, 15) is 9.59 Å². The molecule has 3 aliphatic heterocycles. The second-order valence-electron chi connectivity index (χ2n) is 7.32. The molecule has 4 heterocycles. The zero-order valence-corrected chi connectivity index (χ0v) is 15.7. The van der Waals surface area contributed by atoms with Gasteiger partial charge in [-0.25, -0.2) is 4.79 Å². The highest BCUT2D eigenvalue weighted by Crippen LogP contribution is 2.37. The number of nitrogens with zero attached hydrogens (tertiary/aromatic N) is 3. The summed E-state index contributed by atoms with van der Waals surface area (Å²) in [5.74, 6) is -0.0450. The van der Waals surface area contributed by atoms with Gasteiger partial charge in [-0.15, -0.1) is 11.3 Å². The van der Waals surface area contributed by atoms with Crippen molar-refractivity contribution in [3.05, 3.63) is 21.9 Å². The predicted octanol–water partition coefficient (Wildman–Crippen LogP) is 2.46. The Hall–Kier alpha value is -1.44. The Kier molecular flexibility index (Phi) is 4.33. The van der Waals surface area contributed by atoms with Crippen LogP contribution in [0.5, 0.6) is 0 Å². The van der Waals surface area contributed by atoms with Crippen LogP contribution in [0.3, 0.4) is 0 Å². The van der Waals surface area contributed by atoms with Gasteiger partial charge in [-0.2, -0.15) is 0 Å². The second kappa shape index (κ2) is 6.37. The average Bonchev–Trinajstić information content (AvgIpc) is 3.33. The fourth-order valence-corrected chi connectivity index (χ4v) is 5.40. The van der Waals surface area contributed by atoms with Gasteiger partial charge in [-0.3, -0.25) is 14.6 Å². The molecule has 0 aromatic carbocycles. The van der Waals surface area contributed by atoms with Crippen molar-refractivity contribution in [2.75, 3.05) is 33.8 Å². The zero-order valence-electron chi connectivity index (χ0n) is 14.9. The van der Waals surface area contributed by atoms with Gasteiger partial charge in [-0.05, 0) is 37.8 Å². The topological polar surface area (TPSA) is 53.1 Å². The van der Waals surface area contributed by atoms with Crippen LogP contribution in [0.1, 0.15) is 41.5 Å². The maximum absolute atomic E-state index is 12.6. The lowest BCUT2D eigenvalue weighted by Gasteiger charge is -2.40. The summed E-state index contributed by atoms with van der Waals surface area (Å²) < 4.78 is 5.77. The van der Waals surface area contributed by atoms with Crippen LogP contribution in [0.25, 0.3) is 0 Å². The SMILES string of the molecule is CN1C(=O)N(C)C2(CCN(Cc3ccc(C4CCCO4)s3)CC2)C1=O. The normalized spacial score (nSPS) is 27.0. The molecule has 0 bridgehead atoms. The molecule has 25 heavy (non-hydrogen) atoms. The molecule has 1 aromatic heterocycles. The van der Waals surface area contributed by atoms with Crippen molar-refractivity contribution >= 4 is 23.3 Å². The number of urea groups is 1. The van der Waals surface area contributed by atoms with Crippen molar-refractivity contribution in [1.82, 2.24) is 14.7 Å². The molecule has 1 atom stereocenters. The molecule has 0 N–H and O–H groups in total. The molecule has 3 amide bonds. The number of ether oxygens (including phenoxy) is 1. The van der Waals surface area contributed by atoms with E-state index >= 15 is 0 Å². The standard InChI is InChI=1S/C18H25N3O3S/c1-19-16(22)18(20(2)17(19)23)7-9-21(10-8-18)12-13-5-6-15(25-13)14-4-3-11-24-14/h5-6,14H,3-4,7-12H2,1-2H3. The summed E-state index contributed by atoms with van der Waals surface area (Å²) in [5.41, 5.74) is -0.624. The zero-order chi connectivity index (χ0) is 17.6. The quantitative estimate of drug-likeness (QED) is 0.774. The summed E-state index contributed by atoms with van der Waals surface area (Å²) in [6, 6.07) is 4.22. The highest BCUT2D eigenvalue weighted by molar-refractivity contribution is 7.12.